The molecule has 61 heavy (non-hydrogen) atoms. The Bertz CT molecular complexity index is 3050. The molecular weight excluding hydrogens is 745 g/mol. The van der Waals surface area contributed by atoms with Crippen LogP contribution in [0.25, 0.3) is 61.2 Å². The SMILES string of the molecule is Cc1cc(-c2ccc(-n3c4ccc(N(c5ccccc5)c5ccccc5)cc4c4cc(N(c5ccccc5)c5ccccc5)ccc43)cc2)ccc1-c1nc2ccccc2o1. The summed E-state index contributed by atoms with van der Waals surface area (Å²) in [5, 5.41) is 2.34. The van der Waals surface area contributed by atoms with Crippen LogP contribution in [0.4, 0.5) is 34.1 Å². The first kappa shape index (κ1) is 36.0. The van der Waals surface area contributed by atoms with E-state index < -0.39 is 0 Å². The zero-order valence-electron chi connectivity index (χ0n) is 33.6. The number of aromatic nitrogens is 2. The smallest absolute Gasteiger partial charge is 0.227 e. The molecule has 0 fully saturated rings. The summed E-state index contributed by atoms with van der Waals surface area (Å²) < 4.78 is 8.52. The third-order valence-electron chi connectivity index (χ3n) is 11.5. The molecule has 0 saturated heterocycles. The van der Waals surface area contributed by atoms with Gasteiger partial charge in [-0.3, -0.25) is 0 Å². The molecule has 0 atom stereocenters. The van der Waals surface area contributed by atoms with Gasteiger partial charge in [0.2, 0.25) is 5.89 Å². The summed E-state index contributed by atoms with van der Waals surface area (Å²) in [5.74, 6) is 0.643. The predicted octanol–water partition coefficient (Wildman–Crippen LogP) is 15.5. The average Bonchev–Trinajstić information content (AvgIpc) is 3.90. The summed E-state index contributed by atoms with van der Waals surface area (Å²) in [6, 6.07) is 79.5. The first-order chi connectivity index (χ1) is 30.2. The lowest BCUT2D eigenvalue weighted by atomic mass is 9.99. The number of hydrogen-bond donors (Lipinski definition) is 0. The number of rotatable bonds is 9. The monoisotopic (exact) mass is 784 g/mol. The molecule has 11 rings (SSSR count). The number of anilines is 6. The maximum absolute atomic E-state index is 6.12. The van der Waals surface area contributed by atoms with Crippen LogP contribution in [0.3, 0.4) is 0 Å². The van der Waals surface area contributed by atoms with Crippen LogP contribution in [0.5, 0.6) is 0 Å². The van der Waals surface area contributed by atoms with Gasteiger partial charge in [0.05, 0.1) is 11.0 Å². The fraction of sp³-hybridized carbons (Fsp3) is 0.0179. The van der Waals surface area contributed by atoms with Crippen LogP contribution in [0, 0.1) is 6.92 Å². The molecule has 2 heterocycles. The molecule has 0 aliphatic carbocycles. The first-order valence-electron chi connectivity index (χ1n) is 20.6. The van der Waals surface area contributed by atoms with Crippen LogP contribution in [0.2, 0.25) is 0 Å². The van der Waals surface area contributed by atoms with Crippen molar-refractivity contribution in [3.05, 3.63) is 230 Å². The standard InChI is InChI=1S/C56H40N4O/c1-39-36-41(28-33-49(39)56-57-52-24-14-15-25-55(52)61-56)40-26-29-46(30-27-40)60-53-34-31-47(58(42-16-6-2-7-17-42)43-18-8-3-9-19-43)37-50(53)51-38-48(32-35-54(51)60)59(44-20-10-4-11-21-44)45-22-12-5-13-23-45/h2-38H,1H3. The molecule has 0 unspecified atom stereocenters. The van der Waals surface area contributed by atoms with E-state index in [0.717, 1.165) is 84.2 Å². The molecule has 11 aromatic rings. The summed E-state index contributed by atoms with van der Waals surface area (Å²) in [6.07, 6.45) is 0. The normalized spacial score (nSPS) is 11.4. The molecule has 5 heteroatoms. The van der Waals surface area contributed by atoms with Crippen molar-refractivity contribution < 1.29 is 4.42 Å². The summed E-state index contributed by atoms with van der Waals surface area (Å²) >= 11 is 0. The maximum atomic E-state index is 6.12. The van der Waals surface area contributed by atoms with Gasteiger partial charge < -0.3 is 18.8 Å². The van der Waals surface area contributed by atoms with Crippen molar-refractivity contribution in [3.8, 4) is 28.3 Å². The summed E-state index contributed by atoms with van der Waals surface area (Å²) in [6.45, 7) is 2.12. The van der Waals surface area contributed by atoms with Crippen molar-refractivity contribution in [2.45, 2.75) is 6.92 Å². The Morgan fingerprint density at radius 2 is 0.869 bits per heavy atom. The molecule has 0 radical (unpaired) electrons. The minimum Gasteiger partial charge on any atom is -0.436 e. The highest BCUT2D eigenvalue weighted by atomic mass is 16.3. The Kier molecular flexibility index (Phi) is 8.98. The Morgan fingerprint density at radius 3 is 1.34 bits per heavy atom. The Hall–Kier alpha value is -8.15. The van der Waals surface area contributed by atoms with Crippen LogP contribution in [-0.4, -0.2) is 9.55 Å². The first-order valence-corrected chi connectivity index (χ1v) is 20.6. The topological polar surface area (TPSA) is 37.4 Å². The summed E-state index contributed by atoms with van der Waals surface area (Å²) in [7, 11) is 0. The third-order valence-corrected chi connectivity index (χ3v) is 11.5. The van der Waals surface area contributed by atoms with Crippen molar-refractivity contribution in [2.24, 2.45) is 0 Å². The van der Waals surface area contributed by atoms with Gasteiger partial charge >= 0.3 is 0 Å². The van der Waals surface area contributed by atoms with Gasteiger partial charge in [-0.05, 0) is 139 Å². The second-order valence-electron chi connectivity index (χ2n) is 15.3. The van der Waals surface area contributed by atoms with E-state index in [9.17, 15) is 0 Å². The minimum absolute atomic E-state index is 0.643. The zero-order chi connectivity index (χ0) is 40.7. The lowest BCUT2D eigenvalue weighted by Gasteiger charge is -2.26. The highest BCUT2D eigenvalue weighted by Crippen LogP contribution is 2.43. The molecule has 0 spiro atoms. The number of oxazole rings is 1. The third kappa shape index (κ3) is 6.59. The number of benzene rings is 9. The van der Waals surface area contributed by atoms with Crippen molar-refractivity contribution in [1.82, 2.24) is 9.55 Å². The van der Waals surface area contributed by atoms with E-state index in [1.807, 2.05) is 24.3 Å². The quantitative estimate of drug-likeness (QED) is 0.146. The zero-order valence-corrected chi connectivity index (χ0v) is 33.6. The van der Waals surface area contributed by atoms with E-state index >= 15 is 0 Å². The number of fused-ring (bicyclic) bond motifs is 4. The average molecular weight is 785 g/mol. The molecule has 0 aliphatic heterocycles. The van der Waals surface area contributed by atoms with Gasteiger partial charge in [-0.2, -0.15) is 0 Å². The molecule has 2 aromatic heterocycles. The molecule has 0 saturated carbocycles. The van der Waals surface area contributed by atoms with Crippen LogP contribution in [0.1, 0.15) is 5.56 Å². The van der Waals surface area contributed by atoms with E-state index in [-0.39, 0.29) is 0 Å². The largest absolute Gasteiger partial charge is 0.436 e. The molecule has 9 aromatic carbocycles. The van der Waals surface area contributed by atoms with E-state index in [0.29, 0.717) is 5.89 Å². The number of nitrogens with zero attached hydrogens (tertiary/aromatic N) is 4. The van der Waals surface area contributed by atoms with Crippen molar-refractivity contribution in [3.63, 3.8) is 0 Å². The molecule has 5 nitrogen and oxygen atoms in total. The second kappa shape index (κ2) is 15.2. The predicted molar refractivity (Wildman–Crippen MR) is 253 cm³/mol. The van der Waals surface area contributed by atoms with Crippen LogP contribution < -0.4 is 9.80 Å². The number of hydrogen-bond acceptors (Lipinski definition) is 4. The molecular formula is C56H40N4O. The Morgan fingerprint density at radius 1 is 0.410 bits per heavy atom. The van der Waals surface area contributed by atoms with Crippen molar-refractivity contribution in [1.29, 1.82) is 0 Å². The highest BCUT2D eigenvalue weighted by Gasteiger charge is 2.20. The van der Waals surface area contributed by atoms with Crippen LogP contribution in [0.15, 0.2) is 229 Å². The van der Waals surface area contributed by atoms with Crippen molar-refractivity contribution in [2.75, 3.05) is 9.80 Å². The minimum atomic E-state index is 0.643. The van der Waals surface area contributed by atoms with E-state index in [2.05, 4.69) is 221 Å². The van der Waals surface area contributed by atoms with Gasteiger partial charge in [0.15, 0.2) is 5.58 Å². The molecule has 0 aliphatic rings. The van der Waals surface area contributed by atoms with Gasteiger partial charge in [-0.15, -0.1) is 0 Å². The Labute approximate surface area is 354 Å². The number of aryl methyl sites for hydroxylation is 1. The van der Waals surface area contributed by atoms with Gasteiger partial charge in [0.1, 0.15) is 5.52 Å². The lowest BCUT2D eigenvalue weighted by molar-refractivity contribution is 0.619. The highest BCUT2D eigenvalue weighted by molar-refractivity contribution is 6.12. The van der Waals surface area contributed by atoms with E-state index in [1.54, 1.807) is 0 Å². The fourth-order valence-corrected chi connectivity index (χ4v) is 8.63. The lowest BCUT2D eigenvalue weighted by Crippen LogP contribution is -2.09. The number of para-hydroxylation sites is 6. The van der Waals surface area contributed by atoms with Crippen LogP contribution in [-0.2, 0) is 0 Å². The van der Waals surface area contributed by atoms with Gasteiger partial charge in [-0.25, -0.2) is 4.98 Å². The second-order valence-corrected chi connectivity index (χ2v) is 15.3. The molecule has 290 valence electrons. The fourth-order valence-electron chi connectivity index (χ4n) is 8.63. The summed E-state index contributed by atoms with van der Waals surface area (Å²) in [5.41, 5.74) is 16.0. The maximum Gasteiger partial charge on any atom is 0.227 e. The molecule has 0 bridgehead atoms. The Balaban J connectivity index is 1.05. The van der Waals surface area contributed by atoms with Gasteiger partial charge in [0, 0.05) is 56.1 Å². The van der Waals surface area contributed by atoms with Crippen LogP contribution >= 0.6 is 0 Å². The van der Waals surface area contributed by atoms with Gasteiger partial charge in [-0.1, -0.05) is 109 Å². The van der Waals surface area contributed by atoms with Gasteiger partial charge in [0.25, 0.3) is 0 Å². The van der Waals surface area contributed by atoms with E-state index in [1.165, 1.54) is 10.8 Å². The summed E-state index contributed by atoms with van der Waals surface area (Å²) in [4.78, 5) is 9.42. The van der Waals surface area contributed by atoms with Crippen molar-refractivity contribution >= 4 is 67.0 Å². The molecule has 0 N–H and O–H groups in total. The van der Waals surface area contributed by atoms with E-state index in [4.69, 9.17) is 9.40 Å². The molecule has 0 amide bonds.